The lowest BCUT2D eigenvalue weighted by Gasteiger charge is -2.44. The van der Waals surface area contributed by atoms with Gasteiger partial charge in [-0.15, -0.1) is 21.9 Å². The standard InChI is InChI=1S/C24BF20.C21H25/c26-5-1(6(27)14(35)21(42)13(5)34)25(2-7(28)15(36)22(43)16(37)8(2)29,3-9(30)17(38)23(44)18(39)10(3)31)4-11(32)19(40)24(45)20(41)12(4)33;1-20(2,3)17-10-14-8-7-9-15-11-18(21(4,5)6)13-16(12-17)19(14)15/h;7-13H,1-6H3/q-1;+1. The van der Waals surface area contributed by atoms with Crippen molar-refractivity contribution in [3.8, 4) is 0 Å². The molecule has 0 atom stereocenters. The van der Waals surface area contributed by atoms with Gasteiger partial charge in [0, 0.05) is 35.6 Å². The molecule has 0 aromatic heterocycles. The summed E-state index contributed by atoms with van der Waals surface area (Å²) >= 11 is 0. The van der Waals surface area contributed by atoms with Crippen molar-refractivity contribution in [2.75, 3.05) is 0 Å². The number of hydrogen-bond acceptors (Lipinski definition) is 0. The van der Waals surface area contributed by atoms with E-state index in [0.717, 1.165) is 0 Å². The fourth-order valence-corrected chi connectivity index (χ4v) is 7.84. The molecule has 0 nitrogen and oxygen atoms in total. The average molecular weight is 956 g/mol. The summed E-state index contributed by atoms with van der Waals surface area (Å²) in [6, 6.07) is 9.47. The normalized spacial score (nSPS) is 12.8. The largest absolute Gasteiger partial charge is 0.207 e. The zero-order valence-electron chi connectivity index (χ0n) is 34.2. The van der Waals surface area contributed by atoms with Crippen molar-refractivity contribution in [1.29, 1.82) is 0 Å². The predicted molar refractivity (Wildman–Crippen MR) is 203 cm³/mol. The van der Waals surface area contributed by atoms with E-state index >= 15 is 35.1 Å². The molecule has 21 heteroatoms. The Balaban J connectivity index is 0.000000284. The van der Waals surface area contributed by atoms with Crippen LogP contribution < -0.4 is 21.9 Å². The minimum Gasteiger partial charge on any atom is -0.207 e. The van der Waals surface area contributed by atoms with Crippen molar-refractivity contribution in [3.05, 3.63) is 175 Å². The van der Waals surface area contributed by atoms with Crippen LogP contribution in [0.1, 0.15) is 63.8 Å². The highest BCUT2D eigenvalue weighted by Crippen LogP contribution is 2.38. The molecule has 0 radical (unpaired) electrons. The van der Waals surface area contributed by atoms with Gasteiger partial charge in [-0.1, -0.05) is 41.5 Å². The van der Waals surface area contributed by atoms with E-state index in [4.69, 9.17) is 0 Å². The maximum atomic E-state index is 15.4. The molecular weight excluding hydrogens is 931 g/mol. The summed E-state index contributed by atoms with van der Waals surface area (Å²) in [6.07, 6.45) is -0.566. The van der Waals surface area contributed by atoms with Gasteiger partial charge in [0.15, 0.2) is 69.8 Å². The first-order valence-electron chi connectivity index (χ1n) is 18.7. The van der Waals surface area contributed by atoms with Crippen molar-refractivity contribution in [1.82, 2.24) is 0 Å². The molecule has 0 aliphatic heterocycles. The second-order valence-corrected chi connectivity index (χ2v) is 17.1. The second kappa shape index (κ2) is 16.6. The van der Waals surface area contributed by atoms with Crippen LogP contribution >= 0.6 is 0 Å². The van der Waals surface area contributed by atoms with E-state index in [-0.39, 0.29) is 10.8 Å². The summed E-state index contributed by atoms with van der Waals surface area (Å²) in [5.41, 5.74) is -8.44. The first-order valence-corrected chi connectivity index (χ1v) is 18.7. The van der Waals surface area contributed by atoms with Crippen molar-refractivity contribution >= 4 is 44.8 Å². The number of rotatable bonds is 4. The molecule has 66 heavy (non-hydrogen) atoms. The first-order chi connectivity index (χ1) is 30.4. The van der Waals surface area contributed by atoms with Crippen LogP contribution in [0.4, 0.5) is 87.8 Å². The Morgan fingerprint density at radius 1 is 0.333 bits per heavy atom. The molecule has 0 N–H and O–H groups in total. The van der Waals surface area contributed by atoms with Gasteiger partial charge in [0.05, 0.1) is 10.9 Å². The van der Waals surface area contributed by atoms with Crippen molar-refractivity contribution < 1.29 is 87.8 Å². The molecule has 0 fully saturated rings. The number of allylic oxidation sites excluding steroid dienone is 1. The van der Waals surface area contributed by atoms with Gasteiger partial charge in [-0.05, 0) is 34.6 Å². The zero-order valence-corrected chi connectivity index (χ0v) is 34.2. The molecule has 7 rings (SSSR count). The van der Waals surface area contributed by atoms with Crippen LogP contribution in [-0.2, 0) is 10.8 Å². The Labute approximate surface area is 360 Å². The Kier molecular flexibility index (Phi) is 12.4. The van der Waals surface area contributed by atoms with Gasteiger partial charge in [-0.3, -0.25) is 0 Å². The van der Waals surface area contributed by atoms with E-state index in [2.05, 4.69) is 84.4 Å². The van der Waals surface area contributed by atoms with Gasteiger partial charge in [0.25, 0.3) is 0 Å². The lowest BCUT2D eigenvalue weighted by atomic mass is 9.12. The van der Waals surface area contributed by atoms with Crippen molar-refractivity contribution in [3.63, 3.8) is 0 Å². The van der Waals surface area contributed by atoms with Gasteiger partial charge in [0.1, 0.15) is 58.2 Å². The molecule has 0 saturated heterocycles. The van der Waals surface area contributed by atoms with Crippen LogP contribution in [0.2, 0.25) is 0 Å². The fourth-order valence-electron chi connectivity index (χ4n) is 7.84. The molecule has 0 heterocycles. The third-order valence-corrected chi connectivity index (χ3v) is 11.1. The van der Waals surface area contributed by atoms with Gasteiger partial charge in [0.2, 0.25) is 0 Å². The molecule has 1 aliphatic rings. The molecule has 0 unspecified atom stereocenters. The maximum absolute atomic E-state index is 15.4. The predicted octanol–water partition coefficient (Wildman–Crippen LogP) is 11.9. The van der Waals surface area contributed by atoms with Crippen LogP contribution in [0.25, 0.3) is 16.8 Å². The molecule has 1 aliphatic carbocycles. The molecule has 6 aromatic carbocycles. The number of halogens is 20. The summed E-state index contributed by atoms with van der Waals surface area (Å²) < 4.78 is 294. The zero-order chi connectivity index (χ0) is 49.8. The third-order valence-electron chi connectivity index (χ3n) is 11.1. The quantitative estimate of drug-likeness (QED) is 0.0543. The lowest BCUT2D eigenvalue weighted by molar-refractivity contribution is 0.378. The number of benzene rings is 6. The summed E-state index contributed by atoms with van der Waals surface area (Å²) in [6.45, 7) is 13.7. The van der Waals surface area contributed by atoms with Gasteiger partial charge in [-0.25, -0.2) is 87.8 Å². The van der Waals surface area contributed by atoms with E-state index in [1.807, 2.05) is 0 Å². The lowest BCUT2D eigenvalue weighted by Crippen LogP contribution is -2.81. The van der Waals surface area contributed by atoms with Crippen molar-refractivity contribution in [2.24, 2.45) is 0 Å². The summed E-state index contributed by atoms with van der Waals surface area (Å²) in [4.78, 5) is 0. The van der Waals surface area contributed by atoms with Crippen molar-refractivity contribution in [2.45, 2.75) is 52.4 Å². The molecule has 0 spiro atoms. The van der Waals surface area contributed by atoms with E-state index in [0.29, 0.717) is 0 Å². The van der Waals surface area contributed by atoms with Crippen LogP contribution in [0, 0.1) is 123 Å². The van der Waals surface area contributed by atoms with E-state index < -0.39 is 144 Å². The SMILES string of the molecule is CC(C)(C)c1cc2c3c(cc(C(C)(C)C)cc3c1)[CH+]C=C2.Fc1c(F)c(F)c([B-](c2c(F)c(F)c(F)c(F)c2F)(c2c(F)c(F)c(F)c(F)c2F)c2c(F)c(F)c(F)c(F)c2F)c(F)c1F. The minimum absolute atomic E-state index is 0.178. The maximum Gasteiger partial charge on any atom is 0.200 e. The topological polar surface area (TPSA) is 0 Å². The molecule has 0 saturated carbocycles. The Hall–Kier alpha value is -6.15. The van der Waals surface area contributed by atoms with Crippen LogP contribution in [0.5, 0.6) is 0 Å². The van der Waals surface area contributed by atoms with Crippen LogP contribution in [0.3, 0.4) is 0 Å². The molecule has 0 amide bonds. The summed E-state index contributed by atoms with van der Waals surface area (Å²) in [7, 11) is 0. The van der Waals surface area contributed by atoms with Gasteiger partial charge in [-0.2, -0.15) is 0 Å². The Bertz CT molecular complexity index is 2680. The second-order valence-electron chi connectivity index (χ2n) is 17.1. The van der Waals surface area contributed by atoms with Crippen LogP contribution in [-0.4, -0.2) is 6.15 Å². The highest BCUT2D eigenvalue weighted by atomic mass is 19.2. The van der Waals surface area contributed by atoms with Crippen LogP contribution in [0.15, 0.2) is 30.3 Å². The third kappa shape index (κ3) is 7.32. The average Bonchev–Trinajstić information content (AvgIpc) is 3.25. The summed E-state index contributed by atoms with van der Waals surface area (Å²) in [5.74, 6) is -71.4. The number of hydrogen-bond donors (Lipinski definition) is 0. The highest BCUT2D eigenvalue weighted by Gasteiger charge is 2.52. The molecule has 348 valence electrons. The monoisotopic (exact) mass is 956 g/mol. The Morgan fingerprint density at radius 3 is 0.833 bits per heavy atom. The minimum atomic E-state index is -7.22. The van der Waals surface area contributed by atoms with E-state index in [1.54, 1.807) is 0 Å². The molecule has 0 bridgehead atoms. The summed E-state index contributed by atoms with van der Waals surface area (Å²) in [5, 5.41) is 2.78. The first kappa shape index (κ1) is 49.3. The highest BCUT2D eigenvalue weighted by molar-refractivity contribution is 7.20. The molecular formula is C45H25BF20. The fraction of sp³-hybridized carbons (Fsp3) is 0.178. The van der Waals surface area contributed by atoms with E-state index in [1.165, 1.54) is 33.0 Å². The molecule has 6 aromatic rings. The van der Waals surface area contributed by atoms with Gasteiger partial charge < -0.3 is 0 Å². The van der Waals surface area contributed by atoms with E-state index in [9.17, 15) is 52.7 Å². The smallest absolute Gasteiger partial charge is 0.200 e. The van der Waals surface area contributed by atoms with Gasteiger partial charge >= 0.3 is 0 Å². The Morgan fingerprint density at radius 2 is 0.576 bits per heavy atom.